The normalized spacial score (nSPS) is 13.1. The van der Waals surface area contributed by atoms with Gasteiger partial charge < -0.3 is 9.47 Å². The zero-order chi connectivity index (χ0) is 10.8. The van der Waals surface area contributed by atoms with Crippen LogP contribution in [0.25, 0.3) is 0 Å². The zero-order valence-corrected chi connectivity index (χ0v) is 9.75. The van der Waals surface area contributed by atoms with E-state index in [0.29, 0.717) is 13.2 Å². The van der Waals surface area contributed by atoms with Gasteiger partial charge >= 0.3 is 0 Å². The molecule has 0 rings (SSSR count). The van der Waals surface area contributed by atoms with Crippen molar-refractivity contribution >= 4 is 0 Å². The van der Waals surface area contributed by atoms with Gasteiger partial charge in [0.05, 0.1) is 0 Å². The third-order valence-electron chi connectivity index (χ3n) is 1.79. The van der Waals surface area contributed by atoms with E-state index in [1.165, 1.54) is 0 Å². The highest BCUT2D eigenvalue weighted by Crippen LogP contribution is 2.10. The third kappa shape index (κ3) is 5.20. The quantitative estimate of drug-likeness (QED) is 0.461. The fraction of sp³-hybridized carbons (Fsp3) is 0.667. The van der Waals surface area contributed by atoms with Crippen molar-refractivity contribution in [1.82, 2.24) is 0 Å². The standard InChI is InChI=1S/C12H22O2/c1-5-9-10-11(6-2)12(13-7-3)14-8-4/h6,9-10,12H,5,7-8H2,1-4H3/b10-9-,11-6?. The Hall–Kier alpha value is -0.600. The summed E-state index contributed by atoms with van der Waals surface area (Å²) in [6, 6.07) is 0. The van der Waals surface area contributed by atoms with Crippen molar-refractivity contribution < 1.29 is 9.47 Å². The Balaban J connectivity index is 4.34. The molecule has 2 nitrogen and oxygen atoms in total. The second kappa shape index (κ2) is 8.97. The molecule has 82 valence electrons. The summed E-state index contributed by atoms with van der Waals surface area (Å²) in [6.07, 6.45) is 7.03. The molecule has 0 saturated carbocycles. The van der Waals surface area contributed by atoms with Gasteiger partial charge in [-0.1, -0.05) is 25.2 Å². The van der Waals surface area contributed by atoms with E-state index in [1.807, 2.05) is 26.8 Å². The van der Waals surface area contributed by atoms with Crippen molar-refractivity contribution in [2.45, 2.75) is 40.4 Å². The molecule has 0 heterocycles. The van der Waals surface area contributed by atoms with Crippen molar-refractivity contribution in [3.8, 4) is 0 Å². The molecule has 0 aromatic heterocycles. The lowest BCUT2D eigenvalue weighted by Crippen LogP contribution is -2.19. The van der Waals surface area contributed by atoms with Crippen molar-refractivity contribution in [2.24, 2.45) is 0 Å². The third-order valence-corrected chi connectivity index (χ3v) is 1.79. The molecular weight excluding hydrogens is 176 g/mol. The molecule has 14 heavy (non-hydrogen) atoms. The summed E-state index contributed by atoms with van der Waals surface area (Å²) in [7, 11) is 0. The maximum atomic E-state index is 5.49. The van der Waals surface area contributed by atoms with Crippen LogP contribution in [0.1, 0.15) is 34.1 Å². The van der Waals surface area contributed by atoms with Gasteiger partial charge in [-0.15, -0.1) is 0 Å². The first-order valence-corrected chi connectivity index (χ1v) is 5.36. The Morgan fingerprint density at radius 3 is 2.07 bits per heavy atom. The monoisotopic (exact) mass is 198 g/mol. The van der Waals surface area contributed by atoms with Crippen LogP contribution in [0.3, 0.4) is 0 Å². The molecule has 0 aromatic rings. The first-order chi connectivity index (χ1) is 6.79. The van der Waals surface area contributed by atoms with Gasteiger partial charge in [0.25, 0.3) is 0 Å². The molecule has 0 bridgehead atoms. The molecule has 0 amide bonds. The summed E-state index contributed by atoms with van der Waals surface area (Å²) in [6.45, 7) is 9.40. The predicted octanol–water partition coefficient (Wildman–Crippen LogP) is 3.30. The average Bonchev–Trinajstić information content (AvgIpc) is 2.19. The summed E-state index contributed by atoms with van der Waals surface area (Å²) in [5.74, 6) is 0. The van der Waals surface area contributed by atoms with E-state index in [2.05, 4.69) is 19.1 Å². The minimum atomic E-state index is -0.210. The van der Waals surface area contributed by atoms with E-state index >= 15 is 0 Å². The van der Waals surface area contributed by atoms with Crippen LogP contribution < -0.4 is 0 Å². The fourth-order valence-electron chi connectivity index (χ4n) is 1.11. The van der Waals surface area contributed by atoms with Gasteiger partial charge in [0, 0.05) is 18.8 Å². The van der Waals surface area contributed by atoms with Crippen LogP contribution >= 0.6 is 0 Å². The summed E-state index contributed by atoms with van der Waals surface area (Å²) >= 11 is 0. The van der Waals surface area contributed by atoms with Crippen molar-refractivity contribution in [3.63, 3.8) is 0 Å². The van der Waals surface area contributed by atoms with Crippen molar-refractivity contribution in [1.29, 1.82) is 0 Å². The maximum absolute atomic E-state index is 5.49. The summed E-state index contributed by atoms with van der Waals surface area (Å²) in [4.78, 5) is 0. The van der Waals surface area contributed by atoms with Crippen LogP contribution in [0, 0.1) is 0 Å². The lowest BCUT2D eigenvalue weighted by Gasteiger charge is -2.17. The summed E-state index contributed by atoms with van der Waals surface area (Å²) in [5, 5.41) is 0. The van der Waals surface area contributed by atoms with Crippen LogP contribution in [0.15, 0.2) is 23.8 Å². The molecule has 0 N–H and O–H groups in total. The van der Waals surface area contributed by atoms with Crippen LogP contribution in [0.5, 0.6) is 0 Å². The predicted molar refractivity (Wildman–Crippen MR) is 60.2 cm³/mol. The molecule has 0 fully saturated rings. The topological polar surface area (TPSA) is 18.5 Å². The smallest absolute Gasteiger partial charge is 0.183 e. The molecule has 0 spiro atoms. The Labute approximate surface area is 87.6 Å². The van der Waals surface area contributed by atoms with E-state index in [4.69, 9.17) is 9.47 Å². The largest absolute Gasteiger partial charge is 0.349 e. The Morgan fingerprint density at radius 2 is 1.71 bits per heavy atom. The first-order valence-electron chi connectivity index (χ1n) is 5.36. The number of allylic oxidation sites excluding steroid dienone is 2. The Kier molecular flexibility index (Phi) is 8.59. The van der Waals surface area contributed by atoms with E-state index in [-0.39, 0.29) is 6.29 Å². The van der Waals surface area contributed by atoms with Gasteiger partial charge in [0.15, 0.2) is 6.29 Å². The number of rotatable bonds is 7. The molecule has 0 aliphatic rings. The maximum Gasteiger partial charge on any atom is 0.183 e. The van der Waals surface area contributed by atoms with E-state index < -0.39 is 0 Å². The van der Waals surface area contributed by atoms with E-state index in [0.717, 1.165) is 12.0 Å². The zero-order valence-electron chi connectivity index (χ0n) is 9.75. The number of hydrogen-bond acceptors (Lipinski definition) is 2. The molecule has 0 aromatic carbocycles. The highest BCUT2D eigenvalue weighted by atomic mass is 16.7. The fourth-order valence-corrected chi connectivity index (χ4v) is 1.11. The van der Waals surface area contributed by atoms with Gasteiger partial charge in [0.2, 0.25) is 0 Å². The van der Waals surface area contributed by atoms with Gasteiger partial charge in [-0.2, -0.15) is 0 Å². The van der Waals surface area contributed by atoms with Crippen LogP contribution in [0.2, 0.25) is 0 Å². The molecule has 0 atom stereocenters. The molecule has 0 unspecified atom stereocenters. The van der Waals surface area contributed by atoms with Gasteiger partial charge in [-0.25, -0.2) is 0 Å². The molecule has 0 aliphatic heterocycles. The van der Waals surface area contributed by atoms with E-state index in [9.17, 15) is 0 Å². The molecule has 0 saturated heterocycles. The average molecular weight is 198 g/mol. The van der Waals surface area contributed by atoms with E-state index in [1.54, 1.807) is 0 Å². The lowest BCUT2D eigenvalue weighted by molar-refractivity contribution is -0.109. The minimum Gasteiger partial charge on any atom is -0.349 e. The highest BCUT2D eigenvalue weighted by Gasteiger charge is 2.10. The SMILES string of the molecule is CC=C(/C=C\CC)C(OCC)OCC. The molecule has 0 aliphatic carbocycles. The highest BCUT2D eigenvalue weighted by molar-refractivity contribution is 5.20. The summed E-state index contributed by atoms with van der Waals surface area (Å²) < 4.78 is 11.0. The second-order valence-corrected chi connectivity index (χ2v) is 2.84. The van der Waals surface area contributed by atoms with Crippen LogP contribution in [-0.2, 0) is 9.47 Å². The van der Waals surface area contributed by atoms with Crippen molar-refractivity contribution in [2.75, 3.05) is 13.2 Å². The van der Waals surface area contributed by atoms with Gasteiger partial charge in [-0.05, 0) is 27.2 Å². The second-order valence-electron chi connectivity index (χ2n) is 2.84. The Morgan fingerprint density at radius 1 is 1.14 bits per heavy atom. The molecule has 0 radical (unpaired) electrons. The Bertz CT molecular complexity index is 177. The number of ether oxygens (including phenoxy) is 2. The lowest BCUT2D eigenvalue weighted by atomic mass is 10.2. The van der Waals surface area contributed by atoms with Crippen molar-refractivity contribution in [3.05, 3.63) is 23.8 Å². The van der Waals surface area contributed by atoms with Gasteiger partial charge in [0.1, 0.15) is 0 Å². The molecule has 2 heteroatoms. The number of hydrogen-bond donors (Lipinski definition) is 0. The minimum absolute atomic E-state index is 0.210. The van der Waals surface area contributed by atoms with Crippen LogP contribution in [-0.4, -0.2) is 19.5 Å². The van der Waals surface area contributed by atoms with Gasteiger partial charge in [-0.3, -0.25) is 0 Å². The summed E-state index contributed by atoms with van der Waals surface area (Å²) in [5.41, 5.74) is 1.09. The van der Waals surface area contributed by atoms with Crippen LogP contribution in [0.4, 0.5) is 0 Å². The molecular formula is C12H22O2. The first kappa shape index (κ1) is 13.4.